The number of carbonyl (C=O) groups is 2. The van der Waals surface area contributed by atoms with E-state index in [1.54, 1.807) is 7.11 Å². The SMILES string of the molecule is COc1ccc2c(CC(=O)NC34CCC(NC(=O)C5CCN(Cc6ccccn6)CC5)(CC3)CC4)c[nH]c2c1. The van der Waals surface area contributed by atoms with Gasteiger partial charge in [-0.05, 0) is 94.3 Å². The van der Waals surface area contributed by atoms with Crippen LogP contribution in [0.5, 0.6) is 5.75 Å². The maximum absolute atomic E-state index is 13.3. The minimum absolute atomic E-state index is 0.0719. The van der Waals surface area contributed by atoms with E-state index in [0.717, 1.165) is 98.9 Å². The van der Waals surface area contributed by atoms with Crippen LogP contribution in [0, 0.1) is 5.92 Å². The van der Waals surface area contributed by atoms with Gasteiger partial charge in [-0.25, -0.2) is 0 Å². The van der Waals surface area contributed by atoms with Crippen molar-refractivity contribution >= 4 is 22.7 Å². The Morgan fingerprint density at radius 2 is 1.74 bits per heavy atom. The summed E-state index contributed by atoms with van der Waals surface area (Å²) in [4.78, 5) is 36.5. The molecule has 4 aliphatic rings. The Labute approximate surface area is 229 Å². The summed E-state index contributed by atoms with van der Waals surface area (Å²) in [5, 5.41) is 7.95. The molecule has 1 aliphatic heterocycles. The molecule has 206 valence electrons. The van der Waals surface area contributed by atoms with Crippen LogP contribution < -0.4 is 15.4 Å². The Hall–Kier alpha value is -3.39. The molecular weight excluding hydrogens is 490 g/mol. The van der Waals surface area contributed by atoms with Gasteiger partial charge in [-0.2, -0.15) is 0 Å². The Bertz CT molecular complexity index is 1300. The summed E-state index contributed by atoms with van der Waals surface area (Å²) in [5.74, 6) is 1.18. The number of amides is 2. The normalized spacial score (nSPS) is 25.5. The van der Waals surface area contributed by atoms with E-state index in [1.807, 2.05) is 42.7 Å². The first-order valence-electron chi connectivity index (χ1n) is 14.3. The molecule has 3 saturated carbocycles. The molecule has 39 heavy (non-hydrogen) atoms. The average molecular weight is 530 g/mol. The predicted octanol–water partition coefficient (Wildman–Crippen LogP) is 4.10. The summed E-state index contributed by atoms with van der Waals surface area (Å²) in [6.07, 6.45) is 11.5. The fourth-order valence-electron chi connectivity index (χ4n) is 6.95. The van der Waals surface area contributed by atoms with E-state index >= 15 is 0 Å². The third kappa shape index (κ3) is 5.53. The maximum Gasteiger partial charge on any atom is 0.224 e. The number of likely N-dealkylation sites (tertiary alicyclic amines) is 1. The van der Waals surface area contributed by atoms with Crippen molar-refractivity contribution in [2.24, 2.45) is 5.92 Å². The number of fused-ring (bicyclic) bond motifs is 4. The molecular formula is C31H39N5O3. The van der Waals surface area contributed by atoms with Crippen LogP contribution >= 0.6 is 0 Å². The van der Waals surface area contributed by atoms with Crippen molar-refractivity contribution < 1.29 is 14.3 Å². The molecule has 3 aliphatic carbocycles. The molecule has 1 aromatic carbocycles. The first kappa shape index (κ1) is 25.9. The van der Waals surface area contributed by atoms with Crippen LogP contribution in [-0.4, -0.2) is 58.0 Å². The van der Waals surface area contributed by atoms with Crippen molar-refractivity contribution in [3.8, 4) is 5.75 Å². The Morgan fingerprint density at radius 3 is 2.41 bits per heavy atom. The van der Waals surface area contributed by atoms with Gasteiger partial charge in [0.25, 0.3) is 0 Å². The number of nitrogens with one attached hydrogen (secondary N) is 3. The van der Waals surface area contributed by atoms with Crippen LogP contribution in [0.25, 0.3) is 10.9 Å². The lowest BCUT2D eigenvalue weighted by Gasteiger charge is -2.54. The van der Waals surface area contributed by atoms with Gasteiger partial charge in [0.2, 0.25) is 11.8 Å². The van der Waals surface area contributed by atoms with Gasteiger partial charge in [0, 0.05) is 52.9 Å². The second-order valence-corrected chi connectivity index (χ2v) is 11.9. The van der Waals surface area contributed by atoms with Crippen molar-refractivity contribution in [2.75, 3.05) is 20.2 Å². The highest BCUT2D eigenvalue weighted by molar-refractivity contribution is 5.90. The van der Waals surface area contributed by atoms with Gasteiger partial charge >= 0.3 is 0 Å². The summed E-state index contributed by atoms with van der Waals surface area (Å²) in [5.41, 5.74) is 2.81. The van der Waals surface area contributed by atoms with E-state index < -0.39 is 0 Å². The molecule has 0 atom stereocenters. The number of aromatic amines is 1. The number of pyridine rings is 1. The molecule has 0 unspecified atom stereocenters. The molecule has 1 saturated heterocycles. The largest absolute Gasteiger partial charge is 0.497 e. The van der Waals surface area contributed by atoms with Crippen LogP contribution in [0.2, 0.25) is 0 Å². The molecule has 8 nitrogen and oxygen atoms in total. The molecule has 0 radical (unpaired) electrons. The zero-order valence-corrected chi connectivity index (χ0v) is 22.8. The molecule has 4 fully saturated rings. The van der Waals surface area contributed by atoms with E-state index in [-0.39, 0.29) is 28.8 Å². The smallest absolute Gasteiger partial charge is 0.224 e. The molecule has 3 N–H and O–H groups in total. The zero-order chi connectivity index (χ0) is 26.9. The number of hydrogen-bond acceptors (Lipinski definition) is 5. The van der Waals surface area contributed by atoms with Crippen LogP contribution in [0.4, 0.5) is 0 Å². The van der Waals surface area contributed by atoms with Crippen molar-refractivity contribution in [3.63, 3.8) is 0 Å². The second-order valence-electron chi connectivity index (χ2n) is 11.9. The highest BCUT2D eigenvalue weighted by Gasteiger charge is 2.50. The van der Waals surface area contributed by atoms with Gasteiger partial charge in [-0.15, -0.1) is 0 Å². The van der Waals surface area contributed by atoms with Crippen molar-refractivity contribution in [1.29, 1.82) is 0 Å². The minimum Gasteiger partial charge on any atom is -0.497 e. The molecule has 3 heterocycles. The molecule has 0 spiro atoms. The fourth-order valence-corrected chi connectivity index (χ4v) is 6.95. The fraction of sp³-hybridized carbons (Fsp3) is 0.516. The number of rotatable bonds is 8. The topological polar surface area (TPSA) is 99.3 Å². The lowest BCUT2D eigenvalue weighted by atomic mass is 9.61. The van der Waals surface area contributed by atoms with Gasteiger partial charge in [-0.3, -0.25) is 19.5 Å². The summed E-state index contributed by atoms with van der Waals surface area (Å²) in [6.45, 7) is 2.71. The molecule has 7 rings (SSSR count). The molecule has 2 amide bonds. The summed E-state index contributed by atoms with van der Waals surface area (Å²) < 4.78 is 5.31. The lowest BCUT2D eigenvalue weighted by Crippen LogP contribution is -2.64. The highest BCUT2D eigenvalue weighted by Crippen LogP contribution is 2.47. The van der Waals surface area contributed by atoms with Gasteiger partial charge in [0.15, 0.2) is 0 Å². The molecule has 3 aromatic rings. The lowest BCUT2D eigenvalue weighted by molar-refractivity contribution is -0.132. The number of aromatic nitrogens is 2. The number of nitrogens with zero attached hydrogens (tertiary/aromatic N) is 2. The van der Waals surface area contributed by atoms with Crippen LogP contribution in [0.1, 0.15) is 62.6 Å². The standard InChI is InChI=1S/C31H39N5O3/c1-39-25-5-6-26-23(20-33-27(26)19-25)18-28(37)34-30-9-12-31(13-10-30,14-11-30)35-29(38)22-7-16-36(17-8-22)21-24-4-2-3-15-32-24/h2-6,15,19-20,22,33H,7-14,16-18,21H2,1H3,(H,34,37)(H,35,38). The van der Waals surface area contributed by atoms with Crippen LogP contribution in [0.15, 0.2) is 48.8 Å². The number of hydrogen-bond donors (Lipinski definition) is 3. The average Bonchev–Trinajstić information content (AvgIpc) is 3.36. The first-order chi connectivity index (χ1) is 18.9. The van der Waals surface area contributed by atoms with Crippen molar-refractivity contribution in [1.82, 2.24) is 25.5 Å². The van der Waals surface area contributed by atoms with Crippen molar-refractivity contribution in [3.05, 3.63) is 60.0 Å². The summed E-state index contributed by atoms with van der Waals surface area (Å²) in [6, 6.07) is 11.9. The van der Waals surface area contributed by atoms with E-state index in [9.17, 15) is 9.59 Å². The zero-order valence-electron chi connectivity index (χ0n) is 22.8. The number of carbonyl (C=O) groups excluding carboxylic acids is 2. The quantitative estimate of drug-likeness (QED) is 0.408. The van der Waals surface area contributed by atoms with Gasteiger partial charge in [0.1, 0.15) is 5.75 Å². The van der Waals surface area contributed by atoms with Crippen LogP contribution in [0.3, 0.4) is 0 Å². The summed E-state index contributed by atoms with van der Waals surface area (Å²) in [7, 11) is 1.65. The van der Waals surface area contributed by atoms with Crippen molar-refractivity contribution in [2.45, 2.75) is 75.4 Å². The number of piperidine rings is 1. The number of benzene rings is 1. The predicted molar refractivity (Wildman–Crippen MR) is 150 cm³/mol. The van der Waals surface area contributed by atoms with Crippen LogP contribution in [-0.2, 0) is 22.6 Å². The minimum atomic E-state index is -0.143. The Kier molecular flexibility index (Phi) is 7.06. The highest BCUT2D eigenvalue weighted by atomic mass is 16.5. The molecule has 2 aromatic heterocycles. The molecule has 8 heteroatoms. The third-order valence-electron chi connectivity index (χ3n) is 9.43. The number of methoxy groups -OCH3 is 1. The molecule has 2 bridgehead atoms. The number of ether oxygens (including phenoxy) is 1. The van der Waals surface area contributed by atoms with E-state index in [0.29, 0.717) is 6.42 Å². The monoisotopic (exact) mass is 529 g/mol. The Morgan fingerprint density at radius 1 is 1.03 bits per heavy atom. The van der Waals surface area contributed by atoms with E-state index in [1.165, 1.54) is 0 Å². The maximum atomic E-state index is 13.3. The Balaban J connectivity index is 0.985. The third-order valence-corrected chi connectivity index (χ3v) is 9.43. The van der Waals surface area contributed by atoms with Gasteiger partial charge < -0.3 is 20.4 Å². The van der Waals surface area contributed by atoms with Gasteiger partial charge in [-0.1, -0.05) is 6.07 Å². The first-order valence-corrected chi connectivity index (χ1v) is 14.3. The van der Waals surface area contributed by atoms with Gasteiger partial charge in [0.05, 0.1) is 19.2 Å². The number of H-pyrrole nitrogens is 1. The van der Waals surface area contributed by atoms with E-state index in [4.69, 9.17) is 4.74 Å². The van der Waals surface area contributed by atoms with E-state index in [2.05, 4.69) is 31.6 Å². The second kappa shape index (κ2) is 10.6. The summed E-state index contributed by atoms with van der Waals surface area (Å²) >= 11 is 0.